The van der Waals surface area contributed by atoms with Crippen LogP contribution in [0.4, 0.5) is 0 Å². The van der Waals surface area contributed by atoms with E-state index in [0.29, 0.717) is 13.0 Å². The Morgan fingerprint density at radius 2 is 2.16 bits per heavy atom. The van der Waals surface area contributed by atoms with Crippen molar-refractivity contribution in [1.82, 2.24) is 10.3 Å². The zero-order valence-corrected chi connectivity index (χ0v) is 12.3. The molecule has 0 saturated carbocycles. The number of nitrogens with zero attached hydrogens (tertiary/aromatic N) is 1. The Kier molecular flexibility index (Phi) is 4.51. The zero-order chi connectivity index (χ0) is 13.9. The number of nitrogens with one attached hydrogen (secondary N) is 1. The van der Waals surface area contributed by atoms with Gasteiger partial charge in [0.15, 0.2) is 0 Å². The maximum absolute atomic E-state index is 10.8. The molecule has 0 aliphatic carbocycles. The summed E-state index contributed by atoms with van der Waals surface area (Å²) in [6.45, 7) is 2.63. The van der Waals surface area contributed by atoms with E-state index in [1.54, 1.807) is 11.3 Å². The third-order valence-corrected chi connectivity index (χ3v) is 4.81. The number of primary sulfonamides is 1. The van der Waals surface area contributed by atoms with Crippen LogP contribution >= 0.6 is 11.3 Å². The maximum Gasteiger partial charge on any atom is 0.209 e. The van der Waals surface area contributed by atoms with Crippen molar-refractivity contribution in [3.8, 4) is 0 Å². The molecule has 1 heterocycles. The highest BCUT2D eigenvalue weighted by atomic mass is 32.2. The van der Waals surface area contributed by atoms with Crippen molar-refractivity contribution in [2.45, 2.75) is 19.4 Å². The lowest BCUT2D eigenvalue weighted by Gasteiger charge is -2.10. The molecule has 3 N–H and O–H groups in total. The largest absolute Gasteiger partial charge is 0.308 e. The van der Waals surface area contributed by atoms with Crippen LogP contribution in [0.1, 0.15) is 24.4 Å². The van der Waals surface area contributed by atoms with Gasteiger partial charge in [0.25, 0.3) is 0 Å². The van der Waals surface area contributed by atoms with Crippen LogP contribution < -0.4 is 10.5 Å². The van der Waals surface area contributed by atoms with Crippen molar-refractivity contribution < 1.29 is 8.42 Å². The third-order valence-electron chi connectivity index (χ3n) is 2.74. The average molecular weight is 299 g/mol. The lowest BCUT2D eigenvalue weighted by Crippen LogP contribution is -2.24. The molecule has 0 aliphatic rings. The lowest BCUT2D eigenvalue weighted by atomic mass is 10.3. The summed E-state index contributed by atoms with van der Waals surface area (Å²) < 4.78 is 22.8. The van der Waals surface area contributed by atoms with E-state index in [2.05, 4.69) is 10.3 Å². The number of aromatic nitrogens is 1. The van der Waals surface area contributed by atoms with Crippen LogP contribution in [0.5, 0.6) is 0 Å². The van der Waals surface area contributed by atoms with Crippen molar-refractivity contribution in [2.75, 3.05) is 12.3 Å². The molecule has 19 heavy (non-hydrogen) atoms. The molecule has 5 nitrogen and oxygen atoms in total. The maximum atomic E-state index is 10.8. The van der Waals surface area contributed by atoms with E-state index in [1.807, 2.05) is 31.2 Å². The Bertz CT molecular complexity index is 619. The fourth-order valence-corrected chi connectivity index (χ4v) is 3.30. The first-order chi connectivity index (χ1) is 8.96. The van der Waals surface area contributed by atoms with E-state index < -0.39 is 10.0 Å². The molecule has 2 rings (SSSR count). The smallest absolute Gasteiger partial charge is 0.209 e. The summed E-state index contributed by atoms with van der Waals surface area (Å²) in [6.07, 6.45) is 0.508. The first-order valence-corrected chi connectivity index (χ1v) is 8.58. The number of sulfonamides is 1. The van der Waals surface area contributed by atoms with Crippen molar-refractivity contribution >= 4 is 31.6 Å². The van der Waals surface area contributed by atoms with Gasteiger partial charge in [-0.15, -0.1) is 11.3 Å². The molecule has 2 aromatic rings. The van der Waals surface area contributed by atoms with Gasteiger partial charge in [0.2, 0.25) is 10.0 Å². The molecule has 1 atom stereocenters. The second kappa shape index (κ2) is 5.96. The molecule has 0 spiro atoms. The fourth-order valence-electron chi connectivity index (χ4n) is 1.75. The van der Waals surface area contributed by atoms with Gasteiger partial charge in [-0.05, 0) is 32.0 Å². The molecule has 0 fully saturated rings. The Hall–Kier alpha value is -1.02. The quantitative estimate of drug-likeness (QED) is 0.794. The fraction of sp³-hybridized carbons (Fsp3) is 0.417. The number of hydrogen-bond donors (Lipinski definition) is 2. The highest BCUT2D eigenvalue weighted by Gasteiger charge is 2.11. The van der Waals surface area contributed by atoms with E-state index in [1.165, 1.54) is 0 Å². The Balaban J connectivity index is 1.91. The van der Waals surface area contributed by atoms with E-state index >= 15 is 0 Å². The van der Waals surface area contributed by atoms with Gasteiger partial charge in [0, 0.05) is 0 Å². The number of hydrogen-bond acceptors (Lipinski definition) is 5. The minimum atomic E-state index is -3.36. The van der Waals surface area contributed by atoms with Crippen LogP contribution in [-0.2, 0) is 10.0 Å². The van der Waals surface area contributed by atoms with Gasteiger partial charge >= 0.3 is 0 Å². The average Bonchev–Trinajstić information content (AvgIpc) is 2.77. The van der Waals surface area contributed by atoms with Crippen molar-refractivity contribution in [3.63, 3.8) is 0 Å². The van der Waals surface area contributed by atoms with E-state index in [-0.39, 0.29) is 11.8 Å². The molecule has 1 unspecified atom stereocenters. The minimum absolute atomic E-state index is 0.00651. The van der Waals surface area contributed by atoms with Crippen molar-refractivity contribution in [1.29, 1.82) is 0 Å². The van der Waals surface area contributed by atoms with Crippen LogP contribution in [-0.4, -0.2) is 25.7 Å². The molecule has 0 radical (unpaired) electrons. The van der Waals surface area contributed by atoms with Crippen LogP contribution in [0.2, 0.25) is 0 Å². The minimum Gasteiger partial charge on any atom is -0.308 e. The standard InChI is InChI=1S/C12H17N3O2S2/c1-9(14-7-4-8-19(13,16)17)12-15-10-5-2-3-6-11(10)18-12/h2-3,5-6,9,14H,4,7-8H2,1H3,(H2,13,16,17). The number of thiazole rings is 1. The molecule has 7 heteroatoms. The van der Waals surface area contributed by atoms with Crippen LogP contribution in [0, 0.1) is 0 Å². The molecule has 104 valence electrons. The van der Waals surface area contributed by atoms with Crippen LogP contribution in [0.3, 0.4) is 0 Å². The summed E-state index contributed by atoms with van der Waals surface area (Å²) in [7, 11) is -3.36. The molecular weight excluding hydrogens is 282 g/mol. The van der Waals surface area contributed by atoms with Gasteiger partial charge in [0.1, 0.15) is 5.01 Å². The Morgan fingerprint density at radius 1 is 1.42 bits per heavy atom. The van der Waals surface area contributed by atoms with Crippen LogP contribution in [0.15, 0.2) is 24.3 Å². The summed E-state index contributed by atoms with van der Waals surface area (Å²) in [4.78, 5) is 4.55. The van der Waals surface area contributed by atoms with Crippen molar-refractivity contribution in [2.24, 2.45) is 5.14 Å². The predicted molar refractivity (Wildman–Crippen MR) is 78.6 cm³/mol. The molecule has 0 aliphatic heterocycles. The topological polar surface area (TPSA) is 85.1 Å². The van der Waals surface area contributed by atoms with Gasteiger partial charge in [-0.2, -0.15) is 0 Å². The summed E-state index contributed by atoms with van der Waals surface area (Å²) in [5.41, 5.74) is 1.00. The van der Waals surface area contributed by atoms with Crippen LogP contribution in [0.25, 0.3) is 10.2 Å². The Morgan fingerprint density at radius 3 is 2.84 bits per heavy atom. The predicted octanol–water partition coefficient (Wildman–Crippen LogP) is 1.63. The Labute approximate surface area is 116 Å². The number of nitrogens with two attached hydrogens (primary N) is 1. The highest BCUT2D eigenvalue weighted by molar-refractivity contribution is 7.89. The number of fused-ring (bicyclic) bond motifs is 1. The van der Waals surface area contributed by atoms with Gasteiger partial charge in [-0.25, -0.2) is 18.5 Å². The molecule has 1 aromatic carbocycles. The number of benzene rings is 1. The second-order valence-corrected chi connectivity index (χ2v) is 7.21. The van der Waals surface area contributed by atoms with E-state index in [4.69, 9.17) is 5.14 Å². The summed E-state index contributed by atoms with van der Waals surface area (Å²) in [6, 6.07) is 8.11. The molecule has 1 aromatic heterocycles. The summed E-state index contributed by atoms with van der Waals surface area (Å²) >= 11 is 1.65. The first-order valence-electron chi connectivity index (χ1n) is 6.05. The second-order valence-electron chi connectivity index (χ2n) is 4.42. The number of para-hydroxylation sites is 1. The first kappa shape index (κ1) is 14.4. The third kappa shape index (κ3) is 4.24. The van der Waals surface area contributed by atoms with E-state index in [0.717, 1.165) is 15.2 Å². The van der Waals surface area contributed by atoms with Gasteiger partial charge in [0.05, 0.1) is 22.0 Å². The van der Waals surface area contributed by atoms with E-state index in [9.17, 15) is 8.42 Å². The van der Waals surface area contributed by atoms with Crippen molar-refractivity contribution in [3.05, 3.63) is 29.3 Å². The zero-order valence-electron chi connectivity index (χ0n) is 10.7. The lowest BCUT2D eigenvalue weighted by molar-refractivity contribution is 0.559. The SMILES string of the molecule is CC(NCCCS(N)(=O)=O)c1nc2ccccc2s1. The van der Waals surface area contributed by atoms with Gasteiger partial charge in [-0.1, -0.05) is 12.1 Å². The van der Waals surface area contributed by atoms with Gasteiger partial charge in [-0.3, -0.25) is 0 Å². The summed E-state index contributed by atoms with van der Waals surface area (Å²) in [5.74, 6) is 0.00651. The normalized spacial score (nSPS) is 13.8. The highest BCUT2D eigenvalue weighted by Crippen LogP contribution is 2.25. The monoisotopic (exact) mass is 299 g/mol. The molecule has 0 bridgehead atoms. The molecule has 0 saturated heterocycles. The molecule has 0 amide bonds. The number of rotatable bonds is 6. The summed E-state index contributed by atoms with van der Waals surface area (Å²) in [5, 5.41) is 9.22. The molecular formula is C12H17N3O2S2. The van der Waals surface area contributed by atoms with Gasteiger partial charge < -0.3 is 5.32 Å².